The summed E-state index contributed by atoms with van der Waals surface area (Å²) in [4.78, 5) is 10.6. The van der Waals surface area contributed by atoms with Gasteiger partial charge in [-0.3, -0.25) is 4.79 Å². The van der Waals surface area contributed by atoms with Crippen molar-refractivity contribution >= 4 is 17.6 Å². The predicted molar refractivity (Wildman–Crippen MR) is 145 cm³/mol. The highest BCUT2D eigenvalue weighted by molar-refractivity contribution is 6.30. The Kier molecular flexibility index (Phi) is 10.6. The molecule has 4 atom stereocenters. The largest absolute Gasteiger partial charge is 0.485 e. The molecule has 0 aliphatic heterocycles. The molecule has 1 saturated carbocycles. The third kappa shape index (κ3) is 9.22. The van der Waals surface area contributed by atoms with Gasteiger partial charge in [-0.05, 0) is 106 Å². The summed E-state index contributed by atoms with van der Waals surface area (Å²) >= 11 is 5.91. The Morgan fingerprint density at radius 1 is 1.03 bits per heavy atom. The van der Waals surface area contributed by atoms with Crippen LogP contribution in [0.4, 0.5) is 0 Å². The molecule has 1 aliphatic carbocycles. The molecule has 4 unspecified atom stereocenters. The Bertz CT molecular complexity index is 1040. The van der Waals surface area contributed by atoms with Gasteiger partial charge >= 0.3 is 5.97 Å². The van der Waals surface area contributed by atoms with E-state index in [1.807, 2.05) is 44.2 Å². The number of carbonyl (C=O) groups is 1. The molecule has 0 saturated heterocycles. The van der Waals surface area contributed by atoms with Gasteiger partial charge in [0.1, 0.15) is 29.0 Å². The first-order chi connectivity index (χ1) is 17.6. The van der Waals surface area contributed by atoms with Crippen molar-refractivity contribution in [3.8, 4) is 17.2 Å². The second-order valence-electron chi connectivity index (χ2n) is 10.0. The molecule has 6 nitrogen and oxygen atoms in total. The van der Waals surface area contributed by atoms with Gasteiger partial charge in [0.05, 0.1) is 6.10 Å². The fraction of sp³-hybridized carbons (Fsp3) is 0.433. The number of hydrogen-bond donors (Lipinski definition) is 3. The van der Waals surface area contributed by atoms with E-state index in [4.69, 9.17) is 26.2 Å². The van der Waals surface area contributed by atoms with Crippen LogP contribution in [-0.4, -0.2) is 39.1 Å². The lowest BCUT2D eigenvalue weighted by Gasteiger charge is -2.30. The molecule has 37 heavy (non-hydrogen) atoms. The van der Waals surface area contributed by atoms with Gasteiger partial charge in [-0.2, -0.15) is 0 Å². The number of carboxylic acids is 1. The summed E-state index contributed by atoms with van der Waals surface area (Å²) in [6.07, 6.45) is 10.3. The molecular weight excluding hydrogens is 492 g/mol. The van der Waals surface area contributed by atoms with E-state index in [0.29, 0.717) is 28.7 Å². The Morgan fingerprint density at radius 3 is 2.27 bits per heavy atom. The van der Waals surface area contributed by atoms with Crippen molar-refractivity contribution in [2.24, 2.45) is 11.8 Å². The predicted octanol–water partition coefficient (Wildman–Crippen LogP) is 6.80. The summed E-state index contributed by atoms with van der Waals surface area (Å²) in [6.45, 7) is 3.67. The number of carboxylic acid groups (broad SMARTS) is 1. The molecule has 0 heterocycles. The minimum atomic E-state index is -0.866. The highest BCUT2D eigenvalue weighted by atomic mass is 35.5. The zero-order chi connectivity index (χ0) is 26.8. The quantitative estimate of drug-likeness (QED) is 0.247. The standard InChI is InChI=1S/C30H37ClO6/c1-30(2,37-25-17-15-24(16-18-25)36-23-13-11-22(31)12-14-23)28(33)20-10-21-9-19-27(32)26(21)7-5-3-4-6-8-29(34)35/h3-4,10-18,20-21,26-28,32-33H,5-9,19H2,1-2H3,(H,34,35). The second-order valence-corrected chi connectivity index (χ2v) is 10.5. The number of hydrogen-bond acceptors (Lipinski definition) is 5. The Balaban J connectivity index is 1.51. The van der Waals surface area contributed by atoms with E-state index in [9.17, 15) is 15.0 Å². The maximum atomic E-state index is 10.9. The first kappa shape index (κ1) is 28.8. The highest BCUT2D eigenvalue weighted by Gasteiger charge is 2.34. The normalized spacial score (nSPS) is 20.9. The number of halogens is 1. The maximum absolute atomic E-state index is 10.9. The van der Waals surface area contributed by atoms with Crippen molar-refractivity contribution in [3.63, 3.8) is 0 Å². The molecule has 3 rings (SSSR count). The maximum Gasteiger partial charge on any atom is 0.303 e. The smallest absolute Gasteiger partial charge is 0.303 e. The summed E-state index contributed by atoms with van der Waals surface area (Å²) in [5, 5.41) is 30.7. The minimum Gasteiger partial charge on any atom is -0.485 e. The zero-order valence-electron chi connectivity index (χ0n) is 21.4. The number of rotatable bonds is 13. The van der Waals surface area contributed by atoms with Crippen molar-refractivity contribution in [1.82, 2.24) is 0 Å². The first-order valence-corrected chi connectivity index (χ1v) is 13.2. The number of aliphatic carboxylic acids is 1. The van der Waals surface area contributed by atoms with Crippen LogP contribution in [-0.2, 0) is 4.79 Å². The molecule has 0 spiro atoms. The molecule has 0 radical (unpaired) electrons. The molecule has 1 fully saturated rings. The number of aliphatic hydroxyl groups excluding tert-OH is 2. The van der Waals surface area contributed by atoms with Crippen LogP contribution in [0, 0.1) is 11.8 Å². The van der Waals surface area contributed by atoms with Gasteiger partial charge in [0.15, 0.2) is 0 Å². The number of aliphatic hydroxyl groups is 2. The summed E-state index contributed by atoms with van der Waals surface area (Å²) in [5.41, 5.74) is -0.866. The SMILES string of the molecule is CC(C)(Oc1ccc(Oc2ccc(Cl)cc2)cc1)C(O)C=CC1CCC(O)C1CCC=CCCC(=O)O. The Labute approximate surface area is 224 Å². The molecule has 200 valence electrons. The molecule has 7 heteroatoms. The van der Waals surface area contributed by atoms with Crippen molar-refractivity contribution in [3.05, 3.63) is 77.9 Å². The molecule has 0 bridgehead atoms. The molecule has 2 aromatic rings. The van der Waals surface area contributed by atoms with Crippen molar-refractivity contribution in [2.45, 2.75) is 70.2 Å². The van der Waals surface area contributed by atoms with Gasteiger partial charge in [-0.25, -0.2) is 0 Å². The van der Waals surface area contributed by atoms with Gasteiger partial charge in [0.25, 0.3) is 0 Å². The number of allylic oxidation sites excluding steroid dienone is 3. The summed E-state index contributed by atoms with van der Waals surface area (Å²) in [5.74, 6) is 1.46. The lowest BCUT2D eigenvalue weighted by molar-refractivity contribution is -0.136. The van der Waals surface area contributed by atoms with Crippen LogP contribution < -0.4 is 9.47 Å². The van der Waals surface area contributed by atoms with Gasteiger partial charge in [0.2, 0.25) is 0 Å². The molecule has 2 aromatic carbocycles. The van der Waals surface area contributed by atoms with E-state index in [2.05, 4.69) is 0 Å². The lowest BCUT2D eigenvalue weighted by Crippen LogP contribution is -2.40. The van der Waals surface area contributed by atoms with Crippen LogP contribution in [0.1, 0.15) is 52.4 Å². The Hall–Kier alpha value is -2.80. The van der Waals surface area contributed by atoms with Crippen LogP contribution in [0.5, 0.6) is 17.2 Å². The van der Waals surface area contributed by atoms with Crippen molar-refractivity contribution in [2.75, 3.05) is 0 Å². The number of benzene rings is 2. The van der Waals surface area contributed by atoms with E-state index in [-0.39, 0.29) is 24.4 Å². The van der Waals surface area contributed by atoms with Crippen LogP contribution in [0.2, 0.25) is 5.02 Å². The summed E-state index contributed by atoms with van der Waals surface area (Å²) < 4.78 is 11.9. The second kappa shape index (κ2) is 13.7. The number of ether oxygens (including phenoxy) is 2. The average molecular weight is 529 g/mol. The van der Waals surface area contributed by atoms with Crippen molar-refractivity contribution < 1.29 is 29.6 Å². The molecule has 1 aliphatic rings. The molecular formula is C30H37ClO6. The van der Waals surface area contributed by atoms with Crippen LogP contribution >= 0.6 is 11.6 Å². The molecule has 0 amide bonds. The topological polar surface area (TPSA) is 96.2 Å². The lowest BCUT2D eigenvalue weighted by atomic mass is 9.88. The minimum absolute atomic E-state index is 0.116. The van der Waals surface area contributed by atoms with Gasteiger partial charge < -0.3 is 24.8 Å². The van der Waals surface area contributed by atoms with Gasteiger partial charge in [-0.15, -0.1) is 0 Å². The monoisotopic (exact) mass is 528 g/mol. The highest BCUT2D eigenvalue weighted by Crippen LogP contribution is 2.37. The zero-order valence-corrected chi connectivity index (χ0v) is 22.2. The van der Waals surface area contributed by atoms with Crippen LogP contribution in [0.25, 0.3) is 0 Å². The van der Waals surface area contributed by atoms with E-state index in [1.54, 1.807) is 42.5 Å². The summed E-state index contributed by atoms with van der Waals surface area (Å²) in [6, 6.07) is 14.3. The van der Waals surface area contributed by atoms with E-state index >= 15 is 0 Å². The van der Waals surface area contributed by atoms with Crippen LogP contribution in [0.15, 0.2) is 72.8 Å². The molecule has 3 N–H and O–H groups in total. The third-order valence-corrected chi connectivity index (χ3v) is 6.96. The van der Waals surface area contributed by atoms with E-state index < -0.39 is 17.7 Å². The fourth-order valence-corrected chi connectivity index (χ4v) is 4.64. The Morgan fingerprint density at radius 2 is 1.62 bits per heavy atom. The first-order valence-electron chi connectivity index (χ1n) is 12.8. The average Bonchev–Trinajstić information content (AvgIpc) is 3.21. The van der Waals surface area contributed by atoms with Crippen molar-refractivity contribution in [1.29, 1.82) is 0 Å². The van der Waals surface area contributed by atoms with E-state index in [0.717, 1.165) is 25.7 Å². The third-order valence-electron chi connectivity index (χ3n) is 6.70. The van der Waals surface area contributed by atoms with Gasteiger partial charge in [0, 0.05) is 11.4 Å². The van der Waals surface area contributed by atoms with Gasteiger partial charge in [-0.1, -0.05) is 35.9 Å². The van der Waals surface area contributed by atoms with E-state index in [1.165, 1.54) is 0 Å². The fourth-order valence-electron chi connectivity index (χ4n) is 4.51. The van der Waals surface area contributed by atoms with Crippen LogP contribution in [0.3, 0.4) is 0 Å². The molecule has 0 aromatic heterocycles. The summed E-state index contributed by atoms with van der Waals surface area (Å²) in [7, 11) is 0.